The van der Waals surface area contributed by atoms with Crippen LogP contribution in [0, 0.1) is 11.3 Å². The summed E-state index contributed by atoms with van der Waals surface area (Å²) in [6.45, 7) is 8.33. The Balaban J connectivity index is 2.26. The van der Waals surface area contributed by atoms with Gasteiger partial charge in [-0.3, -0.25) is 0 Å². The molecule has 0 unspecified atom stereocenters. The topological polar surface area (TPSA) is 46.2 Å². The zero-order valence-electron chi connectivity index (χ0n) is 11.5. The minimum atomic E-state index is -2.79. The van der Waals surface area contributed by atoms with Crippen LogP contribution in [0.25, 0.3) is 0 Å². The van der Waals surface area contributed by atoms with Gasteiger partial charge >= 0.3 is 0 Å². The Kier molecular flexibility index (Phi) is 5.45. The Bertz CT molecular complexity index is 318. The molecule has 0 heterocycles. The van der Waals surface area contributed by atoms with Crippen LogP contribution < -0.4 is 5.32 Å². The maximum absolute atomic E-state index is 11.7. The number of nitrogens with one attached hydrogen (secondary N) is 1. The highest BCUT2D eigenvalue weighted by molar-refractivity contribution is 7.91. The maximum Gasteiger partial charge on any atom is 0.150 e. The first-order chi connectivity index (χ1) is 7.89. The summed E-state index contributed by atoms with van der Waals surface area (Å²) in [5.74, 6) is 1.39. The summed E-state index contributed by atoms with van der Waals surface area (Å²) < 4.78 is 23.3. The minimum Gasteiger partial charge on any atom is -0.316 e. The zero-order chi connectivity index (χ0) is 12.9. The number of hydrogen-bond acceptors (Lipinski definition) is 3. The standard InChI is InChI=1S/C13H27NO2S/c1-4-8-17(15,16)9-7-13(5-6-13)11-14-10-12(2)3/h12,14H,4-11H2,1-3H3. The Labute approximate surface area is 106 Å². The first kappa shape index (κ1) is 15.0. The molecule has 3 nitrogen and oxygen atoms in total. The molecule has 102 valence electrons. The lowest BCUT2D eigenvalue weighted by molar-refractivity contribution is 0.422. The van der Waals surface area contributed by atoms with Crippen LogP contribution >= 0.6 is 0 Å². The summed E-state index contributed by atoms with van der Waals surface area (Å²) in [6, 6.07) is 0. The highest BCUT2D eigenvalue weighted by Crippen LogP contribution is 2.48. The molecule has 1 fully saturated rings. The molecule has 0 aromatic heterocycles. The maximum atomic E-state index is 11.7. The lowest BCUT2D eigenvalue weighted by atomic mass is 10.0. The van der Waals surface area contributed by atoms with Crippen molar-refractivity contribution in [1.29, 1.82) is 0 Å². The Morgan fingerprint density at radius 1 is 1.24 bits per heavy atom. The van der Waals surface area contributed by atoms with E-state index in [2.05, 4.69) is 19.2 Å². The van der Waals surface area contributed by atoms with Crippen molar-refractivity contribution in [2.75, 3.05) is 24.6 Å². The second kappa shape index (κ2) is 6.19. The van der Waals surface area contributed by atoms with Gasteiger partial charge < -0.3 is 5.32 Å². The second-order valence-corrected chi connectivity index (χ2v) is 8.23. The van der Waals surface area contributed by atoms with Crippen molar-refractivity contribution in [2.45, 2.75) is 46.5 Å². The van der Waals surface area contributed by atoms with Gasteiger partial charge in [-0.25, -0.2) is 8.42 Å². The van der Waals surface area contributed by atoms with Crippen molar-refractivity contribution in [1.82, 2.24) is 5.32 Å². The molecule has 0 radical (unpaired) electrons. The molecular formula is C13H27NO2S. The summed E-state index contributed by atoms with van der Waals surface area (Å²) in [7, 11) is -2.79. The minimum absolute atomic E-state index is 0.301. The monoisotopic (exact) mass is 261 g/mol. The van der Waals surface area contributed by atoms with Gasteiger partial charge in [-0.1, -0.05) is 20.8 Å². The molecule has 0 aromatic rings. The molecule has 1 rings (SSSR count). The van der Waals surface area contributed by atoms with E-state index >= 15 is 0 Å². The summed E-state index contributed by atoms with van der Waals surface area (Å²) in [5, 5.41) is 3.46. The van der Waals surface area contributed by atoms with E-state index in [0.717, 1.165) is 25.9 Å². The normalized spacial score (nSPS) is 18.6. The highest BCUT2D eigenvalue weighted by atomic mass is 32.2. The van der Waals surface area contributed by atoms with Crippen LogP contribution in [0.4, 0.5) is 0 Å². The molecule has 0 aromatic carbocycles. The van der Waals surface area contributed by atoms with Crippen LogP contribution in [0.3, 0.4) is 0 Å². The molecule has 0 amide bonds. The molecule has 1 saturated carbocycles. The van der Waals surface area contributed by atoms with Gasteiger partial charge in [0.25, 0.3) is 0 Å². The molecule has 1 aliphatic rings. The highest BCUT2D eigenvalue weighted by Gasteiger charge is 2.42. The number of sulfone groups is 1. The largest absolute Gasteiger partial charge is 0.316 e. The first-order valence-corrected chi connectivity index (χ1v) is 8.62. The molecular weight excluding hydrogens is 234 g/mol. The predicted octanol–water partition coefficient (Wildman–Crippen LogP) is 2.23. The fourth-order valence-corrected chi connectivity index (χ4v) is 3.67. The number of hydrogen-bond donors (Lipinski definition) is 1. The van der Waals surface area contributed by atoms with E-state index in [1.54, 1.807) is 0 Å². The van der Waals surface area contributed by atoms with E-state index in [1.807, 2.05) is 6.92 Å². The quantitative estimate of drug-likeness (QED) is 0.692. The zero-order valence-corrected chi connectivity index (χ0v) is 12.3. The SMILES string of the molecule is CCCS(=O)(=O)CCC1(CNCC(C)C)CC1. The molecule has 4 heteroatoms. The van der Waals surface area contributed by atoms with E-state index in [4.69, 9.17) is 0 Å². The van der Waals surface area contributed by atoms with Crippen molar-refractivity contribution in [2.24, 2.45) is 11.3 Å². The van der Waals surface area contributed by atoms with Crippen molar-refractivity contribution in [3.8, 4) is 0 Å². The van der Waals surface area contributed by atoms with E-state index in [-0.39, 0.29) is 0 Å². The Morgan fingerprint density at radius 3 is 2.35 bits per heavy atom. The molecule has 0 atom stereocenters. The Hall–Kier alpha value is -0.0900. The summed E-state index contributed by atoms with van der Waals surface area (Å²) in [5.41, 5.74) is 0.301. The molecule has 0 bridgehead atoms. The predicted molar refractivity (Wildman–Crippen MR) is 72.9 cm³/mol. The molecule has 1 aliphatic carbocycles. The number of rotatable bonds is 9. The van der Waals surface area contributed by atoms with Crippen molar-refractivity contribution < 1.29 is 8.42 Å². The molecule has 0 spiro atoms. The van der Waals surface area contributed by atoms with Crippen molar-refractivity contribution in [3.05, 3.63) is 0 Å². The van der Waals surface area contributed by atoms with Gasteiger partial charge in [-0.15, -0.1) is 0 Å². The van der Waals surface area contributed by atoms with Crippen LogP contribution in [-0.4, -0.2) is 33.0 Å². The third kappa shape index (κ3) is 5.87. The van der Waals surface area contributed by atoms with Crippen LogP contribution in [0.2, 0.25) is 0 Å². The van der Waals surface area contributed by atoms with Crippen LogP contribution in [0.5, 0.6) is 0 Å². The molecule has 17 heavy (non-hydrogen) atoms. The van der Waals surface area contributed by atoms with Gasteiger partial charge in [0.2, 0.25) is 0 Å². The average molecular weight is 261 g/mol. The van der Waals surface area contributed by atoms with Gasteiger partial charge in [0.05, 0.1) is 5.75 Å². The van der Waals surface area contributed by atoms with E-state index in [0.29, 0.717) is 22.8 Å². The lowest BCUT2D eigenvalue weighted by Crippen LogP contribution is -2.29. The third-order valence-corrected chi connectivity index (χ3v) is 5.32. The van der Waals surface area contributed by atoms with Crippen LogP contribution in [0.15, 0.2) is 0 Å². The second-order valence-electron chi connectivity index (χ2n) is 5.93. The van der Waals surface area contributed by atoms with Gasteiger partial charge in [-0.2, -0.15) is 0 Å². The summed E-state index contributed by atoms with van der Waals surface area (Å²) >= 11 is 0. The van der Waals surface area contributed by atoms with Crippen LogP contribution in [0.1, 0.15) is 46.5 Å². The van der Waals surface area contributed by atoms with E-state index < -0.39 is 9.84 Å². The summed E-state index contributed by atoms with van der Waals surface area (Å²) in [4.78, 5) is 0. The third-order valence-electron chi connectivity index (χ3n) is 3.47. The summed E-state index contributed by atoms with van der Waals surface area (Å²) in [6.07, 6.45) is 3.97. The molecule has 1 N–H and O–H groups in total. The van der Waals surface area contributed by atoms with Crippen molar-refractivity contribution in [3.63, 3.8) is 0 Å². The average Bonchev–Trinajstić information content (AvgIpc) is 2.96. The lowest BCUT2D eigenvalue weighted by Gasteiger charge is -2.17. The van der Waals surface area contributed by atoms with Gasteiger partial charge in [0, 0.05) is 12.3 Å². The van der Waals surface area contributed by atoms with Gasteiger partial charge in [-0.05, 0) is 43.6 Å². The smallest absolute Gasteiger partial charge is 0.150 e. The fraction of sp³-hybridized carbons (Fsp3) is 1.00. The Morgan fingerprint density at radius 2 is 1.88 bits per heavy atom. The molecule has 0 aliphatic heterocycles. The van der Waals surface area contributed by atoms with E-state index in [9.17, 15) is 8.42 Å². The molecule has 0 saturated heterocycles. The van der Waals surface area contributed by atoms with Crippen LogP contribution in [-0.2, 0) is 9.84 Å². The fourth-order valence-electron chi connectivity index (χ4n) is 2.10. The van der Waals surface area contributed by atoms with Crippen molar-refractivity contribution >= 4 is 9.84 Å². The van der Waals surface area contributed by atoms with Gasteiger partial charge in [0.1, 0.15) is 9.84 Å². The van der Waals surface area contributed by atoms with Gasteiger partial charge in [0.15, 0.2) is 0 Å². The first-order valence-electron chi connectivity index (χ1n) is 6.80. The van der Waals surface area contributed by atoms with E-state index in [1.165, 1.54) is 12.8 Å².